The second kappa shape index (κ2) is 6.33. The van der Waals surface area contributed by atoms with E-state index in [1.54, 1.807) is 32.5 Å². The number of hydrogen-bond donors (Lipinski definition) is 0. The van der Waals surface area contributed by atoms with Gasteiger partial charge in [-0.05, 0) is 20.8 Å². The number of ether oxygens (including phenoxy) is 1. The minimum absolute atomic E-state index is 0.00259. The van der Waals surface area contributed by atoms with Crippen LogP contribution in [0.2, 0.25) is 0 Å². The summed E-state index contributed by atoms with van der Waals surface area (Å²) in [6, 6.07) is 0. The average molecular weight is 290 g/mol. The van der Waals surface area contributed by atoms with Gasteiger partial charge in [0, 0.05) is 16.3 Å². The SMILES string of the molecule is CCOC(=O)C(C)(C)C(=O)C1CSC(C)C(C)S1. The molecule has 3 unspecified atom stereocenters. The molecular weight excluding hydrogens is 268 g/mol. The van der Waals surface area contributed by atoms with Gasteiger partial charge in [0.1, 0.15) is 5.41 Å². The van der Waals surface area contributed by atoms with Gasteiger partial charge in [-0.1, -0.05) is 13.8 Å². The molecule has 5 heteroatoms. The molecule has 0 N–H and O–H groups in total. The third-order valence-corrected chi connectivity index (χ3v) is 6.63. The molecule has 0 saturated carbocycles. The maximum absolute atomic E-state index is 12.5. The first-order chi connectivity index (χ1) is 8.30. The number of Topliss-reactive ketones (excluding diaryl/α,β-unsaturated/α-hetero) is 1. The number of carbonyl (C=O) groups excluding carboxylic acids is 2. The van der Waals surface area contributed by atoms with E-state index < -0.39 is 11.4 Å². The van der Waals surface area contributed by atoms with E-state index in [1.807, 2.05) is 11.8 Å². The summed E-state index contributed by atoms with van der Waals surface area (Å²) in [5.74, 6) is 0.377. The molecule has 1 aliphatic heterocycles. The van der Waals surface area contributed by atoms with Crippen LogP contribution in [0.4, 0.5) is 0 Å². The third-order valence-electron chi connectivity index (χ3n) is 3.24. The van der Waals surface area contributed by atoms with Crippen LogP contribution in [0, 0.1) is 5.41 Å². The van der Waals surface area contributed by atoms with Gasteiger partial charge < -0.3 is 4.74 Å². The van der Waals surface area contributed by atoms with E-state index in [0.717, 1.165) is 5.75 Å². The fourth-order valence-electron chi connectivity index (χ4n) is 1.74. The average Bonchev–Trinajstić information content (AvgIpc) is 2.32. The first kappa shape index (κ1) is 15.9. The molecule has 0 radical (unpaired) electrons. The molecule has 18 heavy (non-hydrogen) atoms. The second-order valence-electron chi connectivity index (χ2n) is 5.08. The molecule has 0 spiro atoms. The smallest absolute Gasteiger partial charge is 0.319 e. The summed E-state index contributed by atoms with van der Waals surface area (Å²) in [4.78, 5) is 24.3. The Morgan fingerprint density at radius 3 is 2.39 bits per heavy atom. The molecule has 1 heterocycles. The molecule has 3 nitrogen and oxygen atoms in total. The van der Waals surface area contributed by atoms with Crippen LogP contribution in [0.25, 0.3) is 0 Å². The highest BCUT2D eigenvalue weighted by Gasteiger charge is 2.43. The Morgan fingerprint density at radius 2 is 1.89 bits per heavy atom. The molecule has 0 bridgehead atoms. The summed E-state index contributed by atoms with van der Waals surface area (Å²) >= 11 is 3.50. The van der Waals surface area contributed by atoms with Gasteiger partial charge in [0.15, 0.2) is 5.78 Å². The van der Waals surface area contributed by atoms with E-state index in [9.17, 15) is 9.59 Å². The third kappa shape index (κ3) is 3.44. The molecule has 0 aromatic rings. The summed E-state index contributed by atoms with van der Waals surface area (Å²) in [6.45, 7) is 9.73. The van der Waals surface area contributed by atoms with Crippen molar-refractivity contribution < 1.29 is 14.3 Å². The van der Waals surface area contributed by atoms with Gasteiger partial charge in [-0.2, -0.15) is 11.8 Å². The van der Waals surface area contributed by atoms with Gasteiger partial charge in [-0.15, -0.1) is 11.8 Å². The molecule has 1 fully saturated rings. The van der Waals surface area contributed by atoms with Gasteiger partial charge in [-0.25, -0.2) is 0 Å². The molecule has 104 valence electrons. The zero-order valence-electron chi connectivity index (χ0n) is 11.7. The maximum Gasteiger partial charge on any atom is 0.319 e. The van der Waals surface area contributed by atoms with E-state index in [1.165, 1.54) is 0 Å². The molecule has 0 amide bonds. The van der Waals surface area contributed by atoms with Crippen LogP contribution >= 0.6 is 23.5 Å². The monoisotopic (exact) mass is 290 g/mol. The Morgan fingerprint density at radius 1 is 1.28 bits per heavy atom. The Kier molecular flexibility index (Phi) is 5.59. The van der Waals surface area contributed by atoms with Crippen LogP contribution < -0.4 is 0 Å². The van der Waals surface area contributed by atoms with Gasteiger partial charge in [0.2, 0.25) is 0 Å². The first-order valence-electron chi connectivity index (χ1n) is 6.29. The highest BCUT2D eigenvalue weighted by molar-refractivity contribution is 8.08. The van der Waals surface area contributed by atoms with Crippen molar-refractivity contribution >= 4 is 35.3 Å². The predicted octanol–water partition coefficient (Wildman–Crippen LogP) is 2.77. The number of rotatable bonds is 4. The molecule has 1 rings (SSSR count). The van der Waals surface area contributed by atoms with Crippen LogP contribution in [-0.2, 0) is 14.3 Å². The first-order valence-corrected chi connectivity index (χ1v) is 8.28. The summed E-state index contributed by atoms with van der Waals surface area (Å²) in [6.07, 6.45) is 0. The normalized spacial score (nSPS) is 28.8. The minimum Gasteiger partial charge on any atom is -0.465 e. The highest BCUT2D eigenvalue weighted by Crippen LogP contribution is 2.39. The zero-order valence-corrected chi connectivity index (χ0v) is 13.3. The van der Waals surface area contributed by atoms with Crippen LogP contribution in [0.5, 0.6) is 0 Å². The Bertz CT molecular complexity index is 328. The van der Waals surface area contributed by atoms with E-state index in [2.05, 4.69) is 13.8 Å². The van der Waals surface area contributed by atoms with Crippen LogP contribution in [0.3, 0.4) is 0 Å². The van der Waals surface area contributed by atoms with Crippen molar-refractivity contribution in [2.24, 2.45) is 5.41 Å². The highest BCUT2D eigenvalue weighted by atomic mass is 32.2. The van der Waals surface area contributed by atoms with Gasteiger partial charge >= 0.3 is 5.97 Å². The van der Waals surface area contributed by atoms with Crippen molar-refractivity contribution in [3.05, 3.63) is 0 Å². The lowest BCUT2D eigenvalue weighted by Gasteiger charge is -2.33. The number of hydrogen-bond acceptors (Lipinski definition) is 5. The lowest BCUT2D eigenvalue weighted by molar-refractivity contribution is -0.157. The lowest BCUT2D eigenvalue weighted by atomic mass is 9.86. The van der Waals surface area contributed by atoms with Crippen LogP contribution in [0.1, 0.15) is 34.6 Å². The summed E-state index contributed by atoms with van der Waals surface area (Å²) in [7, 11) is 0. The molecule has 0 aromatic heterocycles. The Hall–Kier alpha value is -0.160. The van der Waals surface area contributed by atoms with Gasteiger partial charge in [0.25, 0.3) is 0 Å². The minimum atomic E-state index is -1.03. The molecule has 3 atom stereocenters. The van der Waals surface area contributed by atoms with Crippen molar-refractivity contribution in [1.82, 2.24) is 0 Å². The molecule has 1 saturated heterocycles. The van der Waals surface area contributed by atoms with Crippen molar-refractivity contribution in [3.63, 3.8) is 0 Å². The quantitative estimate of drug-likeness (QED) is 0.588. The topological polar surface area (TPSA) is 43.4 Å². The van der Waals surface area contributed by atoms with Crippen molar-refractivity contribution in [2.75, 3.05) is 12.4 Å². The van der Waals surface area contributed by atoms with Crippen LogP contribution in [0.15, 0.2) is 0 Å². The fourth-order valence-corrected chi connectivity index (χ4v) is 4.77. The van der Waals surface area contributed by atoms with Crippen molar-refractivity contribution in [3.8, 4) is 0 Å². The second-order valence-corrected chi connectivity index (χ2v) is 8.07. The summed E-state index contributed by atoms with van der Waals surface area (Å²) in [5, 5.41) is 0.904. The Balaban J connectivity index is 2.71. The number of carbonyl (C=O) groups is 2. The maximum atomic E-state index is 12.5. The molecule has 0 aromatic carbocycles. The summed E-state index contributed by atoms with van der Waals surface area (Å²) < 4.78 is 4.99. The lowest BCUT2D eigenvalue weighted by Crippen LogP contribution is -2.44. The Labute approximate surface area is 118 Å². The van der Waals surface area contributed by atoms with Gasteiger partial charge in [0.05, 0.1) is 11.9 Å². The van der Waals surface area contributed by atoms with E-state index >= 15 is 0 Å². The van der Waals surface area contributed by atoms with E-state index in [4.69, 9.17) is 4.74 Å². The number of esters is 1. The van der Waals surface area contributed by atoms with Crippen molar-refractivity contribution in [2.45, 2.75) is 50.4 Å². The molecule has 1 aliphatic rings. The summed E-state index contributed by atoms with van der Waals surface area (Å²) in [5.41, 5.74) is -1.03. The standard InChI is InChI=1S/C13H22O3S2/c1-6-16-12(15)13(4,5)11(14)10-7-17-8(2)9(3)18-10/h8-10H,6-7H2,1-5H3. The van der Waals surface area contributed by atoms with E-state index in [-0.39, 0.29) is 11.0 Å². The van der Waals surface area contributed by atoms with Gasteiger partial charge in [-0.3, -0.25) is 9.59 Å². The number of thioether (sulfide) groups is 2. The largest absolute Gasteiger partial charge is 0.465 e. The molecule has 0 aliphatic carbocycles. The number of ketones is 1. The fraction of sp³-hybridized carbons (Fsp3) is 0.846. The predicted molar refractivity (Wildman–Crippen MR) is 78.2 cm³/mol. The van der Waals surface area contributed by atoms with Crippen molar-refractivity contribution in [1.29, 1.82) is 0 Å². The zero-order chi connectivity index (χ0) is 13.9. The molecular formula is C13H22O3S2. The van der Waals surface area contributed by atoms with Crippen LogP contribution in [-0.4, -0.2) is 39.9 Å². The van der Waals surface area contributed by atoms with E-state index in [0.29, 0.717) is 17.1 Å².